The maximum Gasteiger partial charge on any atom is 0.167 e. The number of nitrogens with zero attached hydrogens (tertiary/aromatic N) is 1. The number of benzene rings is 3. The van der Waals surface area contributed by atoms with Crippen LogP contribution in [0.1, 0.15) is 44.7 Å². The molecule has 0 aliphatic heterocycles. The molecule has 0 bridgehead atoms. The van der Waals surface area contributed by atoms with Gasteiger partial charge in [0.15, 0.2) is 5.78 Å². The second kappa shape index (κ2) is 12.3. The molecule has 32 heavy (non-hydrogen) atoms. The first-order valence-electron chi connectivity index (χ1n) is 11.7. The van der Waals surface area contributed by atoms with Crippen molar-refractivity contribution in [3.63, 3.8) is 0 Å². The molecule has 0 heterocycles. The highest BCUT2D eigenvalue weighted by Gasteiger charge is 2.11. The molecule has 0 saturated heterocycles. The van der Waals surface area contributed by atoms with Crippen LogP contribution in [0.15, 0.2) is 60.7 Å². The average molecular weight is 434 g/mol. The maximum atomic E-state index is 11.4. The Labute approximate surface area is 192 Å². The fourth-order valence-corrected chi connectivity index (χ4v) is 3.98. The van der Waals surface area contributed by atoms with Crippen molar-refractivity contribution in [1.29, 1.82) is 0 Å². The number of fused-ring (bicyclic) bond motifs is 1. The lowest BCUT2D eigenvalue weighted by atomic mass is 9.97. The van der Waals surface area contributed by atoms with E-state index < -0.39 is 0 Å². The molecule has 0 aliphatic carbocycles. The number of carbonyl (C=O) groups is 1. The van der Waals surface area contributed by atoms with Gasteiger partial charge in [0, 0.05) is 18.5 Å². The normalized spacial score (nSPS) is 11.1. The quantitative estimate of drug-likeness (QED) is 0.336. The van der Waals surface area contributed by atoms with E-state index in [9.17, 15) is 4.79 Å². The van der Waals surface area contributed by atoms with Crippen LogP contribution in [-0.2, 0) is 11.2 Å². The molecule has 0 amide bonds. The monoisotopic (exact) mass is 433 g/mol. The van der Waals surface area contributed by atoms with Crippen molar-refractivity contribution in [2.24, 2.45) is 0 Å². The Morgan fingerprint density at radius 3 is 2.25 bits per heavy atom. The van der Waals surface area contributed by atoms with E-state index in [4.69, 9.17) is 9.47 Å². The van der Waals surface area contributed by atoms with Crippen molar-refractivity contribution in [3.8, 4) is 11.5 Å². The van der Waals surface area contributed by atoms with Gasteiger partial charge in [-0.2, -0.15) is 0 Å². The molecule has 0 spiro atoms. The van der Waals surface area contributed by atoms with Gasteiger partial charge in [-0.3, -0.25) is 9.69 Å². The highest BCUT2D eigenvalue weighted by molar-refractivity contribution is 5.88. The van der Waals surface area contributed by atoms with Crippen LogP contribution in [0, 0.1) is 0 Å². The number of rotatable bonds is 13. The molecular formula is C28H35NO3. The lowest BCUT2D eigenvalue weighted by Crippen LogP contribution is -2.30. The number of carbonyl (C=O) groups excluding carboxylic acids is 1. The number of ether oxygens (including phenoxy) is 2. The van der Waals surface area contributed by atoms with Crippen LogP contribution in [0.25, 0.3) is 10.8 Å². The van der Waals surface area contributed by atoms with Crippen LogP contribution >= 0.6 is 0 Å². The van der Waals surface area contributed by atoms with Gasteiger partial charge in [-0.1, -0.05) is 56.3 Å². The molecule has 0 unspecified atom stereocenters. The minimum Gasteiger partial charge on any atom is -0.492 e. The summed E-state index contributed by atoms with van der Waals surface area (Å²) in [4.78, 5) is 13.9. The Morgan fingerprint density at radius 1 is 0.844 bits per heavy atom. The molecule has 0 atom stereocenters. The first-order chi connectivity index (χ1) is 15.6. The molecule has 3 aromatic rings. The van der Waals surface area contributed by atoms with Crippen LogP contribution < -0.4 is 9.47 Å². The number of ketones is 1. The molecule has 4 nitrogen and oxygen atoms in total. The minimum absolute atomic E-state index is 0.0158. The predicted octanol–water partition coefficient (Wildman–Crippen LogP) is 5.90. The highest BCUT2D eigenvalue weighted by Crippen LogP contribution is 2.31. The maximum absolute atomic E-state index is 11.4. The summed E-state index contributed by atoms with van der Waals surface area (Å²) in [5.74, 6) is 1.68. The van der Waals surface area contributed by atoms with Crippen LogP contribution in [0.5, 0.6) is 11.5 Å². The third-order valence-electron chi connectivity index (χ3n) is 5.49. The van der Waals surface area contributed by atoms with Gasteiger partial charge in [-0.15, -0.1) is 0 Å². The number of Topliss-reactive ketones (excluding diaryl/α,β-unsaturated/α-hetero) is 1. The van der Waals surface area contributed by atoms with Crippen LogP contribution in [-0.4, -0.2) is 43.5 Å². The molecule has 0 saturated carbocycles. The van der Waals surface area contributed by atoms with Crippen LogP contribution in [0.2, 0.25) is 0 Å². The summed E-state index contributed by atoms with van der Waals surface area (Å²) in [5.41, 5.74) is 2.28. The minimum atomic E-state index is 0.0158. The number of hydrogen-bond acceptors (Lipinski definition) is 4. The molecule has 3 rings (SSSR count). The lowest BCUT2D eigenvalue weighted by Gasteiger charge is -2.20. The summed E-state index contributed by atoms with van der Waals surface area (Å²) in [7, 11) is 0. The standard InChI is InChI=1S/C28H35NO3/c1-4-16-29(17-5-2)18-19-31-25-13-10-23(11-14-25)20-27-26-9-7-6-8-24(26)12-15-28(27)32-21-22(3)30/h6-15H,4-5,16-21H2,1-3H3. The van der Waals surface area contributed by atoms with Gasteiger partial charge in [-0.25, -0.2) is 0 Å². The van der Waals surface area contributed by atoms with E-state index in [1.807, 2.05) is 36.4 Å². The second-order valence-electron chi connectivity index (χ2n) is 8.26. The van der Waals surface area contributed by atoms with E-state index in [1.165, 1.54) is 23.8 Å². The first kappa shape index (κ1) is 23.8. The topological polar surface area (TPSA) is 38.8 Å². The van der Waals surface area contributed by atoms with E-state index in [0.717, 1.165) is 48.5 Å². The molecule has 3 aromatic carbocycles. The molecule has 0 fully saturated rings. The van der Waals surface area contributed by atoms with Gasteiger partial charge in [-0.05, 0) is 67.4 Å². The summed E-state index contributed by atoms with van der Waals surface area (Å²) in [6.45, 7) is 9.96. The zero-order chi connectivity index (χ0) is 22.8. The van der Waals surface area contributed by atoms with Gasteiger partial charge in [0.05, 0.1) is 0 Å². The average Bonchev–Trinajstić information content (AvgIpc) is 2.80. The molecule has 0 aromatic heterocycles. The Balaban J connectivity index is 1.69. The fourth-order valence-electron chi connectivity index (χ4n) is 3.98. The Hall–Kier alpha value is -2.85. The van der Waals surface area contributed by atoms with Gasteiger partial charge in [0.2, 0.25) is 0 Å². The third kappa shape index (κ3) is 6.83. The van der Waals surface area contributed by atoms with E-state index in [1.54, 1.807) is 6.92 Å². The second-order valence-corrected chi connectivity index (χ2v) is 8.26. The van der Waals surface area contributed by atoms with E-state index in [0.29, 0.717) is 6.61 Å². The lowest BCUT2D eigenvalue weighted by molar-refractivity contribution is -0.118. The smallest absolute Gasteiger partial charge is 0.167 e. The Morgan fingerprint density at radius 2 is 1.56 bits per heavy atom. The van der Waals surface area contributed by atoms with Crippen molar-refractivity contribution in [1.82, 2.24) is 4.90 Å². The highest BCUT2D eigenvalue weighted by atomic mass is 16.5. The van der Waals surface area contributed by atoms with Gasteiger partial charge in [0.25, 0.3) is 0 Å². The zero-order valence-corrected chi connectivity index (χ0v) is 19.6. The molecule has 0 aliphatic rings. The van der Waals surface area contributed by atoms with Gasteiger partial charge in [0.1, 0.15) is 24.7 Å². The predicted molar refractivity (Wildman–Crippen MR) is 132 cm³/mol. The molecule has 4 heteroatoms. The van der Waals surface area contributed by atoms with Crippen molar-refractivity contribution in [2.45, 2.75) is 40.0 Å². The fraction of sp³-hybridized carbons (Fsp3) is 0.393. The number of hydrogen-bond donors (Lipinski definition) is 0. The van der Waals surface area contributed by atoms with Crippen molar-refractivity contribution in [2.75, 3.05) is 32.8 Å². The Kier molecular flexibility index (Phi) is 9.12. The summed E-state index contributed by atoms with van der Waals surface area (Å²) in [5, 5.41) is 2.32. The Bertz CT molecular complexity index is 991. The first-order valence-corrected chi connectivity index (χ1v) is 11.7. The van der Waals surface area contributed by atoms with Crippen LogP contribution in [0.4, 0.5) is 0 Å². The van der Waals surface area contributed by atoms with E-state index >= 15 is 0 Å². The summed E-state index contributed by atoms with van der Waals surface area (Å²) >= 11 is 0. The zero-order valence-electron chi connectivity index (χ0n) is 19.6. The molecule has 0 N–H and O–H groups in total. The summed E-state index contributed by atoms with van der Waals surface area (Å²) < 4.78 is 11.8. The SMILES string of the molecule is CCCN(CCC)CCOc1ccc(Cc2c(OCC(C)=O)ccc3ccccc23)cc1. The van der Waals surface area contributed by atoms with E-state index in [2.05, 4.69) is 43.0 Å². The molecule has 170 valence electrons. The third-order valence-corrected chi connectivity index (χ3v) is 5.49. The van der Waals surface area contributed by atoms with Gasteiger partial charge >= 0.3 is 0 Å². The van der Waals surface area contributed by atoms with E-state index in [-0.39, 0.29) is 12.4 Å². The summed E-state index contributed by atoms with van der Waals surface area (Å²) in [6, 6.07) is 20.6. The summed E-state index contributed by atoms with van der Waals surface area (Å²) in [6.07, 6.45) is 3.07. The molecular weight excluding hydrogens is 398 g/mol. The van der Waals surface area contributed by atoms with Crippen molar-refractivity contribution < 1.29 is 14.3 Å². The largest absolute Gasteiger partial charge is 0.492 e. The van der Waals surface area contributed by atoms with Crippen molar-refractivity contribution in [3.05, 3.63) is 71.8 Å². The van der Waals surface area contributed by atoms with Crippen LogP contribution in [0.3, 0.4) is 0 Å². The molecule has 0 radical (unpaired) electrons. The van der Waals surface area contributed by atoms with Gasteiger partial charge < -0.3 is 9.47 Å². The van der Waals surface area contributed by atoms with Crippen molar-refractivity contribution >= 4 is 16.6 Å².